The number of aromatic amines is 1. The number of nitrogens with one attached hydrogen (secondary N) is 2. The zero-order chi connectivity index (χ0) is 22.8. The summed E-state index contributed by atoms with van der Waals surface area (Å²) in [7, 11) is 1.63. The molecule has 2 aromatic carbocycles. The minimum Gasteiger partial charge on any atom is -0.497 e. The summed E-state index contributed by atoms with van der Waals surface area (Å²) in [5.41, 5.74) is 3.77. The first-order valence-electron chi connectivity index (χ1n) is 10.0. The highest BCUT2D eigenvalue weighted by Gasteiger charge is 2.17. The number of ether oxygens (including phenoxy) is 1. The lowest BCUT2D eigenvalue weighted by Crippen LogP contribution is -2.13. The lowest BCUT2D eigenvalue weighted by atomic mass is 10.2. The Labute approximate surface area is 193 Å². The molecular weight excluding hydrogens is 442 g/mol. The predicted octanol–water partition coefficient (Wildman–Crippen LogP) is 4.18. The Hall–Kier alpha value is -4.24. The van der Waals surface area contributed by atoms with Crippen LogP contribution in [0.3, 0.4) is 0 Å². The van der Waals surface area contributed by atoms with Crippen molar-refractivity contribution >= 4 is 34.4 Å². The molecule has 0 saturated carbocycles. The van der Waals surface area contributed by atoms with Crippen molar-refractivity contribution in [3.63, 3.8) is 0 Å². The highest BCUT2D eigenvalue weighted by Crippen LogP contribution is 2.25. The molecule has 0 spiro atoms. The van der Waals surface area contributed by atoms with E-state index in [-0.39, 0.29) is 10.8 Å². The summed E-state index contributed by atoms with van der Waals surface area (Å²) in [5.74, 6) is 1.40. The fraction of sp³-hybridized carbons (Fsp3) is 0.0870. The molecule has 33 heavy (non-hydrogen) atoms. The first kappa shape index (κ1) is 20.7. The lowest BCUT2D eigenvalue weighted by Gasteiger charge is -2.07. The molecule has 164 valence electrons. The van der Waals surface area contributed by atoms with E-state index in [0.717, 1.165) is 28.0 Å². The maximum absolute atomic E-state index is 12.6. The normalized spacial score (nSPS) is 11.0. The molecule has 5 aromatic rings. The van der Waals surface area contributed by atoms with Gasteiger partial charge < -0.3 is 15.0 Å². The van der Waals surface area contributed by atoms with E-state index in [9.17, 15) is 4.79 Å². The topological polar surface area (TPSA) is 111 Å². The van der Waals surface area contributed by atoms with E-state index < -0.39 is 5.91 Å². The van der Waals surface area contributed by atoms with Crippen LogP contribution in [0.25, 0.3) is 22.6 Å². The molecule has 0 saturated heterocycles. The fourth-order valence-corrected chi connectivity index (χ4v) is 3.48. The third-order valence-corrected chi connectivity index (χ3v) is 5.22. The first-order chi connectivity index (χ1) is 16.1. The van der Waals surface area contributed by atoms with Crippen molar-refractivity contribution in [2.45, 2.75) is 6.54 Å². The van der Waals surface area contributed by atoms with Crippen LogP contribution in [0, 0.1) is 0 Å². The number of carbonyl (C=O) groups is 1. The average Bonchev–Trinajstić information content (AvgIpc) is 3.43. The van der Waals surface area contributed by atoms with Crippen molar-refractivity contribution in [1.82, 2.24) is 29.7 Å². The third-order valence-electron chi connectivity index (χ3n) is 5.03. The number of anilines is 1. The summed E-state index contributed by atoms with van der Waals surface area (Å²) in [6, 6.07) is 17.3. The fourth-order valence-electron chi connectivity index (χ4n) is 3.39. The van der Waals surface area contributed by atoms with Crippen LogP contribution in [0.5, 0.6) is 5.75 Å². The lowest BCUT2D eigenvalue weighted by molar-refractivity contribution is 0.102. The number of imidazole rings is 1. The Morgan fingerprint density at radius 3 is 2.61 bits per heavy atom. The summed E-state index contributed by atoms with van der Waals surface area (Å²) < 4.78 is 7.03. The number of methoxy groups -OCH3 is 1. The minimum atomic E-state index is -0.392. The Bertz CT molecular complexity index is 1390. The highest BCUT2D eigenvalue weighted by molar-refractivity contribution is 6.28. The van der Waals surface area contributed by atoms with Gasteiger partial charge in [0.15, 0.2) is 11.6 Å². The van der Waals surface area contributed by atoms with Gasteiger partial charge in [-0.25, -0.2) is 15.0 Å². The van der Waals surface area contributed by atoms with Crippen molar-refractivity contribution < 1.29 is 9.53 Å². The molecule has 0 bridgehead atoms. The van der Waals surface area contributed by atoms with E-state index in [1.807, 2.05) is 48.5 Å². The van der Waals surface area contributed by atoms with E-state index >= 15 is 0 Å². The maximum Gasteiger partial charge on any atom is 0.260 e. The van der Waals surface area contributed by atoms with Gasteiger partial charge in [-0.1, -0.05) is 24.3 Å². The van der Waals surface area contributed by atoms with Crippen LogP contribution in [0.2, 0.25) is 5.28 Å². The summed E-state index contributed by atoms with van der Waals surface area (Å²) >= 11 is 5.71. The van der Waals surface area contributed by atoms with Crippen molar-refractivity contribution in [1.29, 1.82) is 0 Å². The number of nitrogens with zero attached hydrogens (tertiary/aromatic N) is 5. The molecule has 1 amide bonds. The van der Waals surface area contributed by atoms with E-state index in [1.165, 1.54) is 12.4 Å². The van der Waals surface area contributed by atoms with Gasteiger partial charge in [0, 0.05) is 18.5 Å². The number of benzene rings is 2. The van der Waals surface area contributed by atoms with Gasteiger partial charge in [-0.2, -0.15) is 5.10 Å². The van der Waals surface area contributed by atoms with Crippen LogP contribution in [0.4, 0.5) is 5.82 Å². The van der Waals surface area contributed by atoms with Gasteiger partial charge in [-0.05, 0) is 41.4 Å². The first-order valence-corrected chi connectivity index (χ1v) is 10.4. The van der Waals surface area contributed by atoms with Crippen LogP contribution >= 0.6 is 11.6 Å². The van der Waals surface area contributed by atoms with Gasteiger partial charge in [-0.15, -0.1) is 0 Å². The van der Waals surface area contributed by atoms with Gasteiger partial charge in [-0.3, -0.25) is 9.48 Å². The summed E-state index contributed by atoms with van der Waals surface area (Å²) in [4.78, 5) is 28.3. The number of amides is 1. The SMILES string of the molecule is COc1ccc(Cn2nc(NC(=O)c3cnc(Cl)nc3)cc2-c2nc3ccccc3[nH]2)cc1. The molecule has 0 aliphatic carbocycles. The van der Waals surface area contributed by atoms with Crippen LogP contribution in [-0.4, -0.2) is 42.7 Å². The molecule has 0 aliphatic rings. The molecule has 3 aromatic heterocycles. The van der Waals surface area contributed by atoms with Crippen LogP contribution in [0.1, 0.15) is 15.9 Å². The molecule has 5 rings (SSSR count). The molecule has 9 nitrogen and oxygen atoms in total. The number of fused-ring (bicyclic) bond motifs is 1. The number of para-hydroxylation sites is 2. The van der Waals surface area contributed by atoms with E-state index in [0.29, 0.717) is 18.2 Å². The zero-order valence-corrected chi connectivity index (χ0v) is 18.2. The Morgan fingerprint density at radius 2 is 1.88 bits per heavy atom. The van der Waals surface area contributed by atoms with E-state index in [2.05, 4.69) is 30.4 Å². The number of H-pyrrole nitrogens is 1. The average molecular weight is 460 g/mol. The molecule has 10 heteroatoms. The number of aromatic nitrogens is 6. The van der Waals surface area contributed by atoms with E-state index in [4.69, 9.17) is 16.3 Å². The third kappa shape index (κ3) is 4.39. The molecule has 0 atom stereocenters. The highest BCUT2D eigenvalue weighted by atomic mass is 35.5. The number of hydrogen-bond acceptors (Lipinski definition) is 6. The van der Waals surface area contributed by atoms with Crippen LogP contribution in [-0.2, 0) is 6.54 Å². The monoisotopic (exact) mass is 459 g/mol. The van der Waals surface area contributed by atoms with Crippen molar-refractivity contribution in [3.8, 4) is 17.3 Å². The van der Waals surface area contributed by atoms with Crippen molar-refractivity contribution in [3.05, 3.63) is 83.4 Å². The summed E-state index contributed by atoms with van der Waals surface area (Å²) in [6.45, 7) is 0.469. The second kappa shape index (κ2) is 8.71. The number of hydrogen-bond donors (Lipinski definition) is 2. The zero-order valence-electron chi connectivity index (χ0n) is 17.5. The minimum absolute atomic E-state index is 0.0718. The number of carbonyl (C=O) groups excluding carboxylic acids is 1. The predicted molar refractivity (Wildman–Crippen MR) is 124 cm³/mol. The smallest absolute Gasteiger partial charge is 0.260 e. The maximum atomic E-state index is 12.6. The molecule has 0 unspecified atom stereocenters. The quantitative estimate of drug-likeness (QED) is 0.368. The molecule has 0 aliphatic heterocycles. The van der Waals surface area contributed by atoms with Gasteiger partial charge >= 0.3 is 0 Å². The molecular formula is C23H18ClN7O2. The molecule has 0 fully saturated rings. The Kier molecular flexibility index (Phi) is 5.45. The van der Waals surface area contributed by atoms with Gasteiger partial charge in [0.05, 0.1) is 30.3 Å². The summed E-state index contributed by atoms with van der Waals surface area (Å²) in [5, 5.41) is 7.47. The second-order valence-electron chi connectivity index (χ2n) is 7.22. The van der Waals surface area contributed by atoms with Crippen molar-refractivity contribution in [2.24, 2.45) is 0 Å². The molecule has 2 N–H and O–H groups in total. The van der Waals surface area contributed by atoms with Crippen LogP contribution < -0.4 is 10.1 Å². The molecule has 0 radical (unpaired) electrons. The number of rotatable bonds is 6. The molecule has 3 heterocycles. The van der Waals surface area contributed by atoms with Gasteiger partial charge in [0.25, 0.3) is 5.91 Å². The summed E-state index contributed by atoms with van der Waals surface area (Å²) in [6.07, 6.45) is 2.72. The van der Waals surface area contributed by atoms with E-state index in [1.54, 1.807) is 17.9 Å². The number of halogens is 1. The van der Waals surface area contributed by atoms with Gasteiger partial charge in [0.2, 0.25) is 5.28 Å². The van der Waals surface area contributed by atoms with Crippen LogP contribution in [0.15, 0.2) is 67.0 Å². The van der Waals surface area contributed by atoms with Gasteiger partial charge in [0.1, 0.15) is 11.4 Å². The Morgan fingerprint density at radius 1 is 1.12 bits per heavy atom. The second-order valence-corrected chi connectivity index (χ2v) is 7.56. The standard InChI is InChI=1S/C23H18ClN7O2/c1-33-16-8-6-14(7-9-16)13-31-19(21-27-17-4-2-3-5-18(17)28-21)10-20(30-31)29-22(32)15-11-25-23(24)26-12-15/h2-12H,13H2,1H3,(H,27,28)(H,29,30,32). The van der Waals surface area contributed by atoms with Crippen molar-refractivity contribution in [2.75, 3.05) is 12.4 Å². The largest absolute Gasteiger partial charge is 0.497 e. The Balaban J connectivity index is 1.50.